The van der Waals surface area contributed by atoms with Crippen molar-refractivity contribution in [1.29, 1.82) is 0 Å². The molecule has 5 nitrogen and oxygen atoms in total. The van der Waals surface area contributed by atoms with Crippen LogP contribution in [0.15, 0.2) is 21.5 Å². The normalized spacial score (nSPS) is 10.6. The molecular weight excluding hydrogens is 367 g/mol. The van der Waals surface area contributed by atoms with Crippen LogP contribution >= 0.6 is 34.3 Å². The van der Waals surface area contributed by atoms with E-state index in [0.717, 1.165) is 0 Å². The van der Waals surface area contributed by atoms with E-state index in [1.54, 1.807) is 6.07 Å². The van der Waals surface area contributed by atoms with E-state index in [1.165, 1.54) is 25.0 Å². The van der Waals surface area contributed by atoms with Crippen molar-refractivity contribution in [1.82, 2.24) is 9.78 Å². The van der Waals surface area contributed by atoms with Crippen LogP contribution in [0.2, 0.25) is 0 Å². The first-order valence-corrected chi connectivity index (χ1v) is 9.21. The van der Waals surface area contributed by atoms with Crippen LogP contribution in [0.5, 0.6) is 0 Å². The van der Waals surface area contributed by atoms with Gasteiger partial charge in [0, 0.05) is 20.3 Å². The van der Waals surface area contributed by atoms with Gasteiger partial charge in [0.1, 0.15) is 4.60 Å². The van der Waals surface area contributed by atoms with Gasteiger partial charge in [0.25, 0.3) is 5.56 Å². The van der Waals surface area contributed by atoms with Crippen molar-refractivity contribution in [3.8, 4) is 0 Å². The first kappa shape index (κ1) is 17.6. The van der Waals surface area contributed by atoms with Gasteiger partial charge < -0.3 is 21.3 Å². The Morgan fingerprint density at radius 2 is 2.12 bits per heavy atom. The molecule has 0 N–H and O–H groups in total. The monoisotopic (exact) mass is 377 g/mol. The number of hydrogen-bond donors (Lipinski definition) is 1. The summed E-state index contributed by atoms with van der Waals surface area (Å²) < 4.78 is 11.1. The summed E-state index contributed by atoms with van der Waals surface area (Å²) in [6, 6.07) is 3.04. The first-order valence-electron chi connectivity index (χ1n) is 4.13. The molecule has 0 aliphatic heterocycles. The van der Waals surface area contributed by atoms with Crippen molar-refractivity contribution in [2.75, 3.05) is 14.2 Å². The Kier molecular flexibility index (Phi) is 9.01. The summed E-state index contributed by atoms with van der Waals surface area (Å²) in [5.41, 5.74) is -2.38. The molecule has 0 aliphatic rings. The lowest BCUT2D eigenvalue weighted by molar-refractivity contribution is 0.354. The summed E-state index contributed by atoms with van der Waals surface area (Å²) in [5, 5.41) is 3.84. The molecule has 1 aromatic heterocycles. The Balaban J connectivity index is 0.000000325. The lowest BCUT2D eigenvalue weighted by Crippen LogP contribution is -2.19. The third-order valence-electron chi connectivity index (χ3n) is 1.42. The molecule has 0 amide bonds. The van der Waals surface area contributed by atoms with Crippen LogP contribution in [0, 0.1) is 0 Å². The van der Waals surface area contributed by atoms with E-state index in [0.29, 0.717) is 10.5 Å². The second kappa shape index (κ2) is 8.68. The Hall–Kier alpha value is 0.630. The second-order valence-electron chi connectivity index (χ2n) is 2.45. The minimum atomic E-state index is -2.24. The van der Waals surface area contributed by atoms with Crippen LogP contribution in [-0.2, 0) is 39.0 Å². The van der Waals surface area contributed by atoms with Gasteiger partial charge in [-0.3, -0.25) is 4.79 Å². The van der Waals surface area contributed by atoms with Crippen molar-refractivity contribution < 1.29 is 9.05 Å². The molecule has 0 unspecified atom stereocenters. The number of nitrogens with zero attached hydrogens (tertiary/aromatic N) is 2. The molecule has 0 aliphatic carbocycles. The number of rotatable bonds is 3. The highest BCUT2D eigenvalue weighted by Crippen LogP contribution is 2.43. The molecule has 1 rings (SSSR count). The minimum Gasteiger partial charge on any atom is -0.691 e. The molecule has 0 atom stereocenters. The van der Waals surface area contributed by atoms with Crippen molar-refractivity contribution >= 4 is 58.3 Å². The maximum Gasteiger partial charge on any atom is 0.267 e. The van der Waals surface area contributed by atoms with Crippen molar-refractivity contribution in [2.45, 2.75) is 5.88 Å². The third-order valence-corrected chi connectivity index (χ3v) is 4.79. The summed E-state index contributed by atoms with van der Waals surface area (Å²) in [6.07, 6.45) is 0. The summed E-state index contributed by atoms with van der Waals surface area (Å²) in [4.78, 5) is 10.8. The molecule has 1 heterocycles. The zero-order valence-electron chi connectivity index (χ0n) is 9.07. The van der Waals surface area contributed by atoms with Crippen molar-refractivity contribution in [2.24, 2.45) is 0 Å². The molecule has 0 fully saturated rings. The maximum atomic E-state index is 10.8. The molecular formula is C7H11BrN2O3PS3-. The summed E-state index contributed by atoms with van der Waals surface area (Å²) in [5.74, 6) is 0.304. The lowest BCUT2D eigenvalue weighted by atomic mass is 10.6. The molecule has 17 heavy (non-hydrogen) atoms. The fourth-order valence-corrected chi connectivity index (χ4v) is 1.28. The fourth-order valence-electron chi connectivity index (χ4n) is 0.600. The van der Waals surface area contributed by atoms with E-state index in [2.05, 4.69) is 66.8 Å². The molecule has 0 saturated carbocycles. The van der Waals surface area contributed by atoms with E-state index in [4.69, 9.17) is 0 Å². The Morgan fingerprint density at radius 1 is 1.59 bits per heavy atom. The van der Waals surface area contributed by atoms with Gasteiger partial charge in [0.15, 0.2) is 0 Å². The molecule has 0 saturated heterocycles. The van der Waals surface area contributed by atoms with Gasteiger partial charge in [-0.05, 0) is 22.0 Å². The van der Waals surface area contributed by atoms with E-state index in [9.17, 15) is 4.79 Å². The van der Waals surface area contributed by atoms with Gasteiger partial charge in [-0.1, -0.05) is 11.8 Å². The number of hydrogen-bond acceptors (Lipinski definition) is 7. The topological polar surface area (TPSA) is 53.4 Å². The van der Waals surface area contributed by atoms with Gasteiger partial charge in [0.2, 0.25) is 0 Å². The minimum absolute atomic E-state index is 0.141. The maximum absolute atomic E-state index is 10.8. The van der Waals surface area contributed by atoms with Crippen LogP contribution in [0.4, 0.5) is 0 Å². The SMILES string of the molecule is COP(=S)([S-])OC.O=c1ccc(Br)nn1CS. The van der Waals surface area contributed by atoms with E-state index >= 15 is 0 Å². The van der Waals surface area contributed by atoms with Crippen LogP contribution in [0.25, 0.3) is 0 Å². The lowest BCUT2D eigenvalue weighted by Gasteiger charge is -2.22. The molecule has 1 aromatic rings. The largest absolute Gasteiger partial charge is 0.691 e. The molecule has 0 aromatic carbocycles. The summed E-state index contributed by atoms with van der Waals surface area (Å²) in [6.45, 7) is 0. The quantitative estimate of drug-likeness (QED) is 0.493. The Morgan fingerprint density at radius 3 is 2.41 bits per heavy atom. The van der Waals surface area contributed by atoms with E-state index in [-0.39, 0.29) is 5.56 Å². The highest BCUT2D eigenvalue weighted by atomic mass is 79.9. The van der Waals surface area contributed by atoms with Crippen molar-refractivity contribution in [3.05, 3.63) is 27.1 Å². The van der Waals surface area contributed by atoms with Gasteiger partial charge >= 0.3 is 0 Å². The number of halogens is 1. The van der Waals surface area contributed by atoms with Gasteiger partial charge in [-0.2, -0.15) is 17.7 Å². The van der Waals surface area contributed by atoms with Crippen molar-refractivity contribution in [3.63, 3.8) is 0 Å². The second-order valence-corrected chi connectivity index (χ2v) is 8.75. The average molecular weight is 378 g/mol. The van der Waals surface area contributed by atoms with Gasteiger partial charge in [0.05, 0.1) is 11.6 Å². The number of aromatic nitrogens is 2. The third kappa shape index (κ3) is 7.61. The van der Waals surface area contributed by atoms with Crippen LogP contribution in [0.3, 0.4) is 0 Å². The zero-order chi connectivity index (χ0) is 13.5. The Labute approximate surface area is 124 Å². The summed E-state index contributed by atoms with van der Waals surface area (Å²) >= 11 is 16.3. The van der Waals surface area contributed by atoms with Gasteiger partial charge in [-0.15, -0.1) is 0 Å². The molecule has 0 radical (unpaired) electrons. The predicted octanol–water partition coefficient (Wildman–Crippen LogP) is 1.94. The zero-order valence-corrected chi connectivity index (χ0v) is 14.1. The molecule has 0 spiro atoms. The van der Waals surface area contributed by atoms with E-state index in [1.807, 2.05) is 0 Å². The van der Waals surface area contributed by atoms with Crippen LogP contribution < -0.4 is 5.56 Å². The average Bonchev–Trinajstić information content (AvgIpc) is 2.33. The van der Waals surface area contributed by atoms with Crippen LogP contribution in [-0.4, -0.2) is 24.0 Å². The smallest absolute Gasteiger partial charge is 0.267 e. The van der Waals surface area contributed by atoms with Crippen LogP contribution in [0.1, 0.15) is 0 Å². The predicted molar refractivity (Wildman–Crippen MR) is 80.9 cm³/mol. The molecule has 0 bridgehead atoms. The molecule has 98 valence electrons. The van der Waals surface area contributed by atoms with E-state index < -0.39 is 5.69 Å². The highest BCUT2D eigenvalue weighted by Gasteiger charge is 1.93. The first-order chi connectivity index (χ1) is 7.86. The standard InChI is InChI=1S/C5H5BrN2OS.C2H7O2PS2/c6-4-1-2-5(9)8(3-10)7-4;1-3-5(6,7)4-2/h1-2,10H,3H2;1-2H3,(H,6,7)/p-1. The molecule has 10 heteroatoms. The summed E-state index contributed by atoms with van der Waals surface area (Å²) in [7, 11) is 2.91. The Bertz CT molecular complexity index is 448. The van der Waals surface area contributed by atoms with Gasteiger partial charge in [-0.25, -0.2) is 4.68 Å². The number of thiol groups is 1. The highest BCUT2D eigenvalue weighted by molar-refractivity contribution is 9.10. The fraction of sp³-hybridized carbons (Fsp3) is 0.429.